The van der Waals surface area contributed by atoms with E-state index in [1.807, 2.05) is 6.07 Å². The molecule has 0 spiro atoms. The lowest BCUT2D eigenvalue weighted by molar-refractivity contribution is 0.786. The van der Waals surface area contributed by atoms with Crippen LogP contribution in [0.4, 0.5) is 0 Å². The predicted molar refractivity (Wildman–Crippen MR) is 56.4 cm³/mol. The van der Waals surface area contributed by atoms with Crippen LogP contribution in [-0.2, 0) is 6.54 Å². The van der Waals surface area contributed by atoms with Crippen molar-refractivity contribution in [1.82, 2.24) is 5.32 Å². The zero-order valence-corrected chi connectivity index (χ0v) is 9.24. The molecule has 0 atom stereocenters. The molecule has 0 aliphatic heterocycles. The normalized spacial score (nSPS) is 10.2. The maximum Gasteiger partial charge on any atom is 0.0716 e. The molecular formula is C9H11BrClN. The lowest BCUT2D eigenvalue weighted by Crippen LogP contribution is -2.11. The molecule has 1 aromatic carbocycles. The first-order valence-corrected chi connectivity index (χ1v) is 5.08. The molecule has 1 rings (SSSR count). The Morgan fingerprint density at radius 1 is 1.50 bits per heavy atom. The van der Waals surface area contributed by atoms with E-state index in [9.17, 15) is 0 Å². The Kier molecular flexibility index (Phi) is 4.06. The van der Waals surface area contributed by atoms with E-state index in [-0.39, 0.29) is 0 Å². The van der Waals surface area contributed by atoms with Crippen LogP contribution in [0.5, 0.6) is 0 Å². The molecule has 1 nitrogen and oxygen atoms in total. The molecule has 0 heterocycles. The van der Waals surface area contributed by atoms with Gasteiger partial charge >= 0.3 is 0 Å². The highest BCUT2D eigenvalue weighted by Crippen LogP contribution is 2.15. The summed E-state index contributed by atoms with van der Waals surface area (Å²) in [6.07, 6.45) is 0. The fourth-order valence-corrected chi connectivity index (χ4v) is 1.52. The summed E-state index contributed by atoms with van der Waals surface area (Å²) in [5.74, 6) is 0. The Labute approximate surface area is 86.2 Å². The van der Waals surface area contributed by atoms with E-state index in [4.69, 9.17) is 11.6 Å². The quantitative estimate of drug-likeness (QED) is 0.640. The molecule has 0 aliphatic carbocycles. The van der Waals surface area contributed by atoms with Crippen molar-refractivity contribution in [3.05, 3.63) is 33.8 Å². The molecule has 0 fully saturated rings. The number of benzene rings is 1. The largest absolute Gasteiger partial charge is 0.300 e. The maximum atomic E-state index is 5.52. The van der Waals surface area contributed by atoms with Crippen molar-refractivity contribution in [2.24, 2.45) is 0 Å². The fraction of sp³-hybridized carbons (Fsp3) is 0.333. The van der Waals surface area contributed by atoms with Gasteiger partial charge in [0.15, 0.2) is 0 Å². The minimum atomic E-state index is 0.492. The number of rotatable bonds is 3. The molecular weight excluding hydrogens is 237 g/mol. The topological polar surface area (TPSA) is 12.0 Å². The Balaban J connectivity index is 2.75. The second-order valence-corrected chi connectivity index (χ2v) is 3.81. The third kappa shape index (κ3) is 2.77. The molecule has 12 heavy (non-hydrogen) atoms. The summed E-state index contributed by atoms with van der Waals surface area (Å²) >= 11 is 8.95. The SMILES string of the molecule is Cc1ccc(Br)cc1CNCCl. The number of nitrogens with one attached hydrogen (secondary N) is 1. The van der Waals surface area contributed by atoms with Crippen LogP contribution in [0.15, 0.2) is 22.7 Å². The lowest BCUT2D eigenvalue weighted by Gasteiger charge is -2.05. The van der Waals surface area contributed by atoms with Crippen LogP contribution in [0.1, 0.15) is 11.1 Å². The van der Waals surface area contributed by atoms with Crippen LogP contribution in [-0.4, -0.2) is 6.00 Å². The van der Waals surface area contributed by atoms with Crippen molar-refractivity contribution in [2.75, 3.05) is 6.00 Å². The minimum absolute atomic E-state index is 0.492. The van der Waals surface area contributed by atoms with Crippen LogP contribution in [0.2, 0.25) is 0 Å². The van der Waals surface area contributed by atoms with Gasteiger partial charge in [-0.15, -0.1) is 11.6 Å². The molecule has 66 valence electrons. The van der Waals surface area contributed by atoms with Gasteiger partial charge in [-0.3, -0.25) is 5.32 Å². The molecule has 1 N–H and O–H groups in total. The van der Waals surface area contributed by atoms with Gasteiger partial charge in [0, 0.05) is 11.0 Å². The van der Waals surface area contributed by atoms with Crippen LogP contribution < -0.4 is 5.32 Å². The maximum absolute atomic E-state index is 5.52. The first kappa shape index (κ1) is 10.0. The summed E-state index contributed by atoms with van der Waals surface area (Å²) in [6.45, 7) is 2.92. The molecule has 0 saturated heterocycles. The Hall–Kier alpha value is -0.0500. The zero-order valence-electron chi connectivity index (χ0n) is 6.90. The molecule has 0 aliphatic rings. The summed E-state index contributed by atoms with van der Waals surface area (Å²) < 4.78 is 1.11. The van der Waals surface area contributed by atoms with Crippen LogP contribution in [0.3, 0.4) is 0 Å². The molecule has 0 bridgehead atoms. The average Bonchev–Trinajstić information content (AvgIpc) is 2.07. The minimum Gasteiger partial charge on any atom is -0.300 e. The van der Waals surface area contributed by atoms with Gasteiger partial charge in [-0.25, -0.2) is 0 Å². The van der Waals surface area contributed by atoms with Gasteiger partial charge in [0.1, 0.15) is 0 Å². The van der Waals surface area contributed by atoms with E-state index in [2.05, 4.69) is 40.3 Å². The van der Waals surface area contributed by atoms with Crippen molar-refractivity contribution >= 4 is 27.5 Å². The first-order chi connectivity index (χ1) is 5.74. The number of alkyl halides is 1. The average molecular weight is 249 g/mol. The molecule has 0 amide bonds. The van der Waals surface area contributed by atoms with E-state index < -0.39 is 0 Å². The molecule has 3 heteroatoms. The van der Waals surface area contributed by atoms with E-state index in [0.29, 0.717) is 6.00 Å². The number of halogens is 2. The standard InChI is InChI=1S/C9H11BrClN/c1-7-2-3-9(10)4-8(7)5-12-6-11/h2-4,12H,5-6H2,1H3. The van der Waals surface area contributed by atoms with Crippen molar-refractivity contribution < 1.29 is 0 Å². The van der Waals surface area contributed by atoms with E-state index in [0.717, 1.165) is 11.0 Å². The highest BCUT2D eigenvalue weighted by molar-refractivity contribution is 9.10. The Bertz CT molecular complexity index is 263. The van der Waals surface area contributed by atoms with Gasteiger partial charge in [0.25, 0.3) is 0 Å². The first-order valence-electron chi connectivity index (χ1n) is 3.75. The van der Waals surface area contributed by atoms with Crippen LogP contribution in [0, 0.1) is 6.92 Å². The van der Waals surface area contributed by atoms with Crippen molar-refractivity contribution in [3.8, 4) is 0 Å². The van der Waals surface area contributed by atoms with E-state index in [1.165, 1.54) is 11.1 Å². The monoisotopic (exact) mass is 247 g/mol. The summed E-state index contributed by atoms with van der Waals surface area (Å²) in [5, 5.41) is 3.08. The van der Waals surface area contributed by atoms with Gasteiger partial charge in [-0.2, -0.15) is 0 Å². The Morgan fingerprint density at radius 2 is 2.25 bits per heavy atom. The van der Waals surface area contributed by atoms with E-state index in [1.54, 1.807) is 0 Å². The smallest absolute Gasteiger partial charge is 0.0716 e. The molecule has 0 aromatic heterocycles. The third-order valence-electron chi connectivity index (χ3n) is 1.72. The van der Waals surface area contributed by atoms with Gasteiger partial charge < -0.3 is 0 Å². The molecule has 0 saturated carbocycles. The second kappa shape index (κ2) is 4.85. The van der Waals surface area contributed by atoms with Crippen molar-refractivity contribution in [1.29, 1.82) is 0 Å². The summed E-state index contributed by atoms with van der Waals surface area (Å²) in [5.41, 5.74) is 2.57. The van der Waals surface area contributed by atoms with Gasteiger partial charge in [-0.05, 0) is 30.2 Å². The lowest BCUT2D eigenvalue weighted by atomic mass is 10.1. The highest BCUT2D eigenvalue weighted by Gasteiger charge is 1.97. The van der Waals surface area contributed by atoms with E-state index >= 15 is 0 Å². The summed E-state index contributed by atoms with van der Waals surface area (Å²) in [6, 6.07) is 6.73. The van der Waals surface area contributed by atoms with Gasteiger partial charge in [-0.1, -0.05) is 22.0 Å². The third-order valence-corrected chi connectivity index (χ3v) is 2.40. The van der Waals surface area contributed by atoms with Crippen LogP contribution in [0.25, 0.3) is 0 Å². The van der Waals surface area contributed by atoms with Gasteiger partial charge in [0.2, 0.25) is 0 Å². The Morgan fingerprint density at radius 3 is 2.92 bits per heavy atom. The van der Waals surface area contributed by atoms with Crippen molar-refractivity contribution in [2.45, 2.75) is 13.5 Å². The number of hydrogen-bond donors (Lipinski definition) is 1. The molecule has 0 unspecified atom stereocenters. The molecule has 0 radical (unpaired) electrons. The summed E-state index contributed by atoms with van der Waals surface area (Å²) in [7, 11) is 0. The summed E-state index contributed by atoms with van der Waals surface area (Å²) in [4.78, 5) is 0. The zero-order chi connectivity index (χ0) is 8.97. The molecule has 1 aromatic rings. The van der Waals surface area contributed by atoms with Crippen molar-refractivity contribution in [3.63, 3.8) is 0 Å². The van der Waals surface area contributed by atoms with Gasteiger partial charge in [0.05, 0.1) is 6.00 Å². The van der Waals surface area contributed by atoms with Crippen LogP contribution >= 0.6 is 27.5 Å². The fourth-order valence-electron chi connectivity index (χ4n) is 1.01. The number of hydrogen-bond acceptors (Lipinski definition) is 1. The second-order valence-electron chi connectivity index (χ2n) is 2.63. The number of aryl methyl sites for hydroxylation is 1. The predicted octanol–water partition coefficient (Wildman–Crippen LogP) is 3.04. The highest BCUT2D eigenvalue weighted by atomic mass is 79.9.